The van der Waals surface area contributed by atoms with Crippen LogP contribution in [0.5, 0.6) is 0 Å². The van der Waals surface area contributed by atoms with E-state index in [1.807, 2.05) is 30.3 Å². The monoisotopic (exact) mass is 523 g/mol. The molecule has 0 bridgehead atoms. The SMILES string of the molecule is C=CCN1C(=O)C(=Cc2c(N3CCN(c4cccc(Cl)c4)CC3)nc3ccccn3c2=O)SC1=S. The maximum absolute atomic E-state index is 13.5. The number of halogens is 1. The standard InChI is InChI=1S/C25H22ClN5O2S2/c1-2-9-31-24(33)20(35-25(31)34)16-19-22(27-21-8-3-4-10-30(21)23(19)32)29-13-11-28(12-14-29)18-7-5-6-17(26)15-18/h2-8,10,15-16H,1,9,11-14H2. The van der Waals surface area contributed by atoms with Gasteiger partial charge in [-0.25, -0.2) is 4.98 Å². The molecule has 2 aliphatic rings. The lowest BCUT2D eigenvalue weighted by molar-refractivity contribution is -0.121. The molecular weight excluding hydrogens is 502 g/mol. The van der Waals surface area contributed by atoms with Crippen LogP contribution in [0.4, 0.5) is 11.5 Å². The van der Waals surface area contributed by atoms with E-state index in [0.29, 0.717) is 50.9 Å². The van der Waals surface area contributed by atoms with Gasteiger partial charge in [0.15, 0.2) is 0 Å². The zero-order valence-electron chi connectivity index (χ0n) is 18.8. The van der Waals surface area contributed by atoms with Gasteiger partial charge in [-0.05, 0) is 36.4 Å². The maximum atomic E-state index is 13.5. The van der Waals surface area contributed by atoms with Gasteiger partial charge in [0.1, 0.15) is 15.8 Å². The Balaban J connectivity index is 1.52. The number of anilines is 2. The van der Waals surface area contributed by atoms with Crippen LogP contribution in [0.2, 0.25) is 5.02 Å². The van der Waals surface area contributed by atoms with Crippen molar-refractivity contribution in [2.45, 2.75) is 0 Å². The van der Waals surface area contributed by atoms with Gasteiger partial charge in [0.2, 0.25) is 0 Å². The van der Waals surface area contributed by atoms with Crippen LogP contribution < -0.4 is 15.4 Å². The highest BCUT2D eigenvalue weighted by Crippen LogP contribution is 2.33. The Morgan fingerprint density at radius 2 is 1.86 bits per heavy atom. The highest BCUT2D eigenvalue weighted by molar-refractivity contribution is 8.26. The third kappa shape index (κ3) is 4.59. The Hall–Kier alpha value is -3.14. The molecular formula is C25H22ClN5O2S2. The van der Waals surface area contributed by atoms with Gasteiger partial charge in [0.05, 0.1) is 10.5 Å². The molecule has 1 aromatic carbocycles. The first-order chi connectivity index (χ1) is 17.0. The summed E-state index contributed by atoms with van der Waals surface area (Å²) in [6.45, 7) is 6.85. The van der Waals surface area contributed by atoms with Crippen LogP contribution in [0.15, 0.2) is 71.0 Å². The van der Waals surface area contributed by atoms with Crippen LogP contribution in [-0.4, -0.2) is 57.2 Å². The number of thioether (sulfide) groups is 1. The predicted molar refractivity (Wildman–Crippen MR) is 147 cm³/mol. The molecule has 7 nitrogen and oxygen atoms in total. The molecule has 10 heteroatoms. The summed E-state index contributed by atoms with van der Waals surface area (Å²) in [4.78, 5) is 37.6. The van der Waals surface area contributed by atoms with Crippen molar-refractivity contribution < 1.29 is 4.79 Å². The molecule has 1 amide bonds. The second-order valence-corrected chi connectivity index (χ2v) is 10.2. The molecule has 0 N–H and O–H groups in total. The summed E-state index contributed by atoms with van der Waals surface area (Å²) >= 11 is 12.7. The summed E-state index contributed by atoms with van der Waals surface area (Å²) in [7, 11) is 0. The van der Waals surface area contributed by atoms with Crippen LogP contribution >= 0.6 is 35.6 Å². The van der Waals surface area contributed by atoms with E-state index in [9.17, 15) is 9.59 Å². The van der Waals surface area contributed by atoms with Crippen molar-refractivity contribution in [1.29, 1.82) is 0 Å². The first-order valence-electron chi connectivity index (χ1n) is 11.1. The van der Waals surface area contributed by atoms with Crippen molar-refractivity contribution in [3.05, 3.63) is 87.2 Å². The maximum Gasteiger partial charge on any atom is 0.267 e. The van der Waals surface area contributed by atoms with E-state index in [0.717, 1.165) is 18.8 Å². The molecule has 0 spiro atoms. The number of aromatic nitrogens is 2. The molecule has 0 aliphatic carbocycles. The van der Waals surface area contributed by atoms with Gasteiger partial charge in [-0.1, -0.05) is 53.8 Å². The molecule has 2 saturated heterocycles. The Morgan fingerprint density at radius 3 is 2.60 bits per heavy atom. The minimum atomic E-state index is -0.228. The van der Waals surface area contributed by atoms with Crippen molar-refractivity contribution in [2.75, 3.05) is 42.5 Å². The number of fused-ring (bicyclic) bond motifs is 1. The van der Waals surface area contributed by atoms with E-state index in [1.165, 1.54) is 21.1 Å². The second kappa shape index (κ2) is 9.85. The lowest BCUT2D eigenvalue weighted by Gasteiger charge is -2.37. The quantitative estimate of drug-likeness (QED) is 0.284. The minimum absolute atomic E-state index is 0.225. The fraction of sp³-hybridized carbons (Fsp3) is 0.200. The number of carbonyl (C=O) groups is 1. The van der Waals surface area contributed by atoms with Crippen molar-refractivity contribution >= 4 is 69.0 Å². The first-order valence-corrected chi connectivity index (χ1v) is 12.7. The van der Waals surface area contributed by atoms with E-state index >= 15 is 0 Å². The molecule has 178 valence electrons. The third-order valence-corrected chi connectivity index (χ3v) is 7.58. The van der Waals surface area contributed by atoms with Crippen LogP contribution in [0.1, 0.15) is 5.56 Å². The van der Waals surface area contributed by atoms with E-state index in [1.54, 1.807) is 30.5 Å². The highest BCUT2D eigenvalue weighted by Gasteiger charge is 2.32. The van der Waals surface area contributed by atoms with Gasteiger partial charge in [0.25, 0.3) is 11.5 Å². The third-order valence-electron chi connectivity index (χ3n) is 5.96. The first kappa shape index (κ1) is 23.6. The number of amides is 1. The van der Waals surface area contributed by atoms with E-state index < -0.39 is 0 Å². The average molecular weight is 524 g/mol. The zero-order chi connectivity index (χ0) is 24.5. The average Bonchev–Trinajstić information content (AvgIpc) is 3.13. The lowest BCUT2D eigenvalue weighted by atomic mass is 10.2. The molecule has 5 rings (SSSR count). The molecule has 0 radical (unpaired) electrons. The molecule has 0 atom stereocenters. The fourth-order valence-electron chi connectivity index (χ4n) is 4.23. The molecule has 2 aliphatic heterocycles. The molecule has 3 aromatic rings. The van der Waals surface area contributed by atoms with Gasteiger partial charge in [-0.3, -0.25) is 18.9 Å². The Bertz CT molecular complexity index is 1430. The summed E-state index contributed by atoms with van der Waals surface area (Å²) in [5.74, 6) is 0.343. The molecule has 0 unspecified atom stereocenters. The number of benzene rings is 1. The molecule has 4 heterocycles. The number of piperazine rings is 1. The predicted octanol–water partition coefficient (Wildman–Crippen LogP) is 4.06. The number of nitrogens with zero attached hydrogens (tertiary/aromatic N) is 5. The number of hydrogen-bond acceptors (Lipinski definition) is 7. The number of carbonyl (C=O) groups excluding carboxylic acids is 1. The van der Waals surface area contributed by atoms with Gasteiger partial charge >= 0.3 is 0 Å². The normalized spacial score (nSPS) is 17.6. The second-order valence-electron chi connectivity index (χ2n) is 8.12. The Morgan fingerprint density at radius 1 is 1.09 bits per heavy atom. The molecule has 2 aromatic heterocycles. The lowest BCUT2D eigenvalue weighted by Crippen LogP contribution is -2.47. The topological polar surface area (TPSA) is 61.2 Å². The van der Waals surface area contributed by atoms with Gasteiger partial charge in [-0.2, -0.15) is 0 Å². The molecule has 2 fully saturated rings. The van der Waals surface area contributed by atoms with Gasteiger partial charge < -0.3 is 9.80 Å². The van der Waals surface area contributed by atoms with Crippen LogP contribution in [0.3, 0.4) is 0 Å². The molecule has 0 saturated carbocycles. The number of hydrogen-bond donors (Lipinski definition) is 0. The van der Waals surface area contributed by atoms with Crippen LogP contribution in [-0.2, 0) is 4.79 Å². The van der Waals surface area contributed by atoms with Crippen molar-refractivity contribution in [2.24, 2.45) is 0 Å². The summed E-state index contributed by atoms with van der Waals surface area (Å²) < 4.78 is 1.95. The smallest absolute Gasteiger partial charge is 0.267 e. The molecule has 35 heavy (non-hydrogen) atoms. The number of thiocarbonyl (C=S) groups is 1. The minimum Gasteiger partial charge on any atom is -0.368 e. The van der Waals surface area contributed by atoms with Crippen LogP contribution in [0.25, 0.3) is 11.7 Å². The van der Waals surface area contributed by atoms with Crippen molar-refractivity contribution in [1.82, 2.24) is 14.3 Å². The van der Waals surface area contributed by atoms with Crippen LogP contribution in [0, 0.1) is 0 Å². The zero-order valence-corrected chi connectivity index (χ0v) is 21.2. The summed E-state index contributed by atoms with van der Waals surface area (Å²) in [6.07, 6.45) is 4.95. The summed E-state index contributed by atoms with van der Waals surface area (Å²) in [5, 5.41) is 0.699. The van der Waals surface area contributed by atoms with Gasteiger partial charge in [-0.15, -0.1) is 6.58 Å². The van der Waals surface area contributed by atoms with E-state index in [4.69, 9.17) is 28.8 Å². The Labute approximate surface area is 217 Å². The van der Waals surface area contributed by atoms with Crippen molar-refractivity contribution in [3.8, 4) is 0 Å². The van der Waals surface area contributed by atoms with E-state index in [2.05, 4.69) is 16.4 Å². The van der Waals surface area contributed by atoms with Gasteiger partial charge in [0, 0.05) is 49.6 Å². The largest absolute Gasteiger partial charge is 0.368 e. The summed E-state index contributed by atoms with van der Waals surface area (Å²) in [6, 6.07) is 13.2. The van der Waals surface area contributed by atoms with Crippen molar-refractivity contribution in [3.63, 3.8) is 0 Å². The Kier molecular flexibility index (Phi) is 6.64. The highest BCUT2D eigenvalue weighted by atomic mass is 35.5. The van der Waals surface area contributed by atoms with E-state index in [-0.39, 0.29) is 11.5 Å². The fourth-order valence-corrected chi connectivity index (χ4v) is 5.67. The summed E-state index contributed by atoms with van der Waals surface area (Å²) in [5.41, 5.74) is 1.77. The number of pyridine rings is 1. The number of rotatable bonds is 5.